The molecule has 0 aromatic carbocycles. The van der Waals surface area contributed by atoms with Gasteiger partial charge in [0.2, 0.25) is 5.91 Å². The highest BCUT2D eigenvalue weighted by molar-refractivity contribution is 5.80. The summed E-state index contributed by atoms with van der Waals surface area (Å²) in [6.07, 6.45) is 10.1. The van der Waals surface area contributed by atoms with Gasteiger partial charge in [0.05, 0.1) is 13.0 Å². The van der Waals surface area contributed by atoms with Crippen molar-refractivity contribution in [2.45, 2.75) is 64.7 Å². The van der Waals surface area contributed by atoms with Gasteiger partial charge >= 0.3 is 5.97 Å². The lowest BCUT2D eigenvalue weighted by Crippen LogP contribution is -2.45. The third-order valence-electron chi connectivity index (χ3n) is 5.43. The van der Waals surface area contributed by atoms with Crippen LogP contribution >= 0.6 is 0 Å². The molecule has 22 heavy (non-hydrogen) atoms. The maximum absolute atomic E-state index is 12.7. The van der Waals surface area contributed by atoms with Crippen LogP contribution in [-0.2, 0) is 14.3 Å². The Bertz CT molecular complexity index is 375. The molecule has 2 fully saturated rings. The van der Waals surface area contributed by atoms with Gasteiger partial charge in [0.1, 0.15) is 0 Å². The molecule has 0 spiro atoms. The van der Waals surface area contributed by atoms with Gasteiger partial charge in [-0.15, -0.1) is 0 Å². The Kier molecular flexibility index (Phi) is 6.71. The topological polar surface area (TPSA) is 46.6 Å². The van der Waals surface area contributed by atoms with Crippen molar-refractivity contribution in [3.05, 3.63) is 0 Å². The van der Waals surface area contributed by atoms with Gasteiger partial charge in [-0.1, -0.05) is 26.2 Å². The number of piperidine rings is 1. The average molecular weight is 309 g/mol. The molecule has 4 heteroatoms. The van der Waals surface area contributed by atoms with Crippen molar-refractivity contribution in [1.82, 2.24) is 4.90 Å². The molecule has 1 atom stereocenters. The molecule has 4 nitrogen and oxygen atoms in total. The molecule has 0 aromatic heterocycles. The van der Waals surface area contributed by atoms with Crippen LogP contribution in [-0.4, -0.2) is 37.0 Å². The van der Waals surface area contributed by atoms with Gasteiger partial charge in [0, 0.05) is 19.0 Å². The number of esters is 1. The first-order valence-corrected chi connectivity index (χ1v) is 9.02. The van der Waals surface area contributed by atoms with E-state index in [0.29, 0.717) is 6.54 Å². The zero-order chi connectivity index (χ0) is 15.9. The minimum atomic E-state index is -0.166. The number of methoxy groups -OCH3 is 1. The van der Waals surface area contributed by atoms with Crippen LogP contribution in [0.3, 0.4) is 0 Å². The summed E-state index contributed by atoms with van der Waals surface area (Å²) in [5.41, 5.74) is 0. The van der Waals surface area contributed by atoms with Crippen LogP contribution in [0, 0.1) is 17.8 Å². The first kappa shape index (κ1) is 17.3. The molecule has 1 heterocycles. The summed E-state index contributed by atoms with van der Waals surface area (Å²) in [6, 6.07) is 0. The standard InChI is InChI=1S/C18H31NO3/c1-3-4-6-14-8-10-15(11-9-14)17(20)19-12-5-7-16(13-19)18(21)22-2/h14-16H,3-13H2,1-2H3. The highest BCUT2D eigenvalue weighted by Crippen LogP contribution is 2.33. The molecule has 1 aliphatic heterocycles. The van der Waals surface area contributed by atoms with E-state index in [4.69, 9.17) is 4.74 Å². The zero-order valence-electron chi connectivity index (χ0n) is 14.2. The van der Waals surface area contributed by atoms with Crippen LogP contribution in [0.1, 0.15) is 64.7 Å². The van der Waals surface area contributed by atoms with Crippen molar-refractivity contribution in [1.29, 1.82) is 0 Å². The van der Waals surface area contributed by atoms with E-state index in [-0.39, 0.29) is 23.7 Å². The molecule has 1 aliphatic carbocycles. The van der Waals surface area contributed by atoms with Crippen molar-refractivity contribution in [2.24, 2.45) is 17.8 Å². The fourth-order valence-electron chi connectivity index (χ4n) is 3.99. The average Bonchev–Trinajstić information content (AvgIpc) is 2.59. The predicted octanol–water partition coefficient (Wildman–Crippen LogP) is 3.39. The highest BCUT2D eigenvalue weighted by atomic mass is 16.5. The number of amides is 1. The van der Waals surface area contributed by atoms with Gasteiger partial charge < -0.3 is 9.64 Å². The molecule has 1 unspecified atom stereocenters. The van der Waals surface area contributed by atoms with E-state index in [1.54, 1.807) is 0 Å². The fraction of sp³-hybridized carbons (Fsp3) is 0.889. The van der Waals surface area contributed by atoms with Gasteiger partial charge in [0.25, 0.3) is 0 Å². The van der Waals surface area contributed by atoms with Gasteiger partial charge in [-0.25, -0.2) is 0 Å². The first-order chi connectivity index (χ1) is 10.7. The maximum atomic E-state index is 12.7. The molecule has 0 radical (unpaired) electrons. The van der Waals surface area contributed by atoms with E-state index in [0.717, 1.165) is 38.1 Å². The summed E-state index contributed by atoms with van der Waals surface area (Å²) in [4.78, 5) is 26.3. The van der Waals surface area contributed by atoms with Gasteiger partial charge in [-0.2, -0.15) is 0 Å². The quantitative estimate of drug-likeness (QED) is 0.731. The molecular formula is C18H31NO3. The smallest absolute Gasteiger partial charge is 0.310 e. The Labute approximate surface area is 134 Å². The van der Waals surface area contributed by atoms with E-state index in [1.165, 1.54) is 39.2 Å². The summed E-state index contributed by atoms with van der Waals surface area (Å²) in [5.74, 6) is 1.01. The van der Waals surface area contributed by atoms with Gasteiger partial charge in [-0.05, 0) is 44.4 Å². The van der Waals surface area contributed by atoms with E-state index < -0.39 is 0 Å². The van der Waals surface area contributed by atoms with E-state index in [9.17, 15) is 9.59 Å². The second kappa shape index (κ2) is 8.54. The van der Waals surface area contributed by atoms with Crippen LogP contribution in [0.15, 0.2) is 0 Å². The number of hydrogen-bond acceptors (Lipinski definition) is 3. The number of rotatable bonds is 5. The van der Waals surface area contributed by atoms with Crippen LogP contribution in [0.4, 0.5) is 0 Å². The Morgan fingerprint density at radius 2 is 1.82 bits per heavy atom. The van der Waals surface area contributed by atoms with Crippen LogP contribution in [0.25, 0.3) is 0 Å². The van der Waals surface area contributed by atoms with E-state index in [1.807, 2.05) is 4.90 Å². The Morgan fingerprint density at radius 1 is 1.09 bits per heavy atom. The minimum Gasteiger partial charge on any atom is -0.469 e. The number of likely N-dealkylation sites (tertiary alicyclic amines) is 1. The second-order valence-corrected chi connectivity index (χ2v) is 7.01. The lowest BCUT2D eigenvalue weighted by molar-refractivity contribution is -0.150. The molecule has 2 aliphatic rings. The van der Waals surface area contributed by atoms with Crippen molar-refractivity contribution >= 4 is 11.9 Å². The maximum Gasteiger partial charge on any atom is 0.310 e. The predicted molar refractivity (Wildman–Crippen MR) is 86.3 cm³/mol. The van der Waals surface area contributed by atoms with Crippen molar-refractivity contribution < 1.29 is 14.3 Å². The number of ether oxygens (including phenoxy) is 1. The monoisotopic (exact) mass is 309 g/mol. The molecule has 2 rings (SSSR count). The number of hydrogen-bond donors (Lipinski definition) is 0. The number of unbranched alkanes of at least 4 members (excludes halogenated alkanes) is 1. The fourth-order valence-corrected chi connectivity index (χ4v) is 3.99. The lowest BCUT2D eigenvalue weighted by Gasteiger charge is -2.36. The Balaban J connectivity index is 1.80. The molecule has 1 saturated carbocycles. The normalized spacial score (nSPS) is 29.2. The lowest BCUT2D eigenvalue weighted by atomic mass is 9.79. The minimum absolute atomic E-state index is 0.122. The Morgan fingerprint density at radius 3 is 2.45 bits per heavy atom. The zero-order valence-corrected chi connectivity index (χ0v) is 14.2. The molecule has 0 bridgehead atoms. The first-order valence-electron chi connectivity index (χ1n) is 9.02. The number of carbonyl (C=O) groups is 2. The second-order valence-electron chi connectivity index (χ2n) is 7.01. The largest absolute Gasteiger partial charge is 0.469 e. The number of nitrogens with zero attached hydrogens (tertiary/aromatic N) is 1. The van der Waals surface area contributed by atoms with Crippen molar-refractivity contribution in [3.8, 4) is 0 Å². The van der Waals surface area contributed by atoms with Crippen LogP contribution < -0.4 is 0 Å². The van der Waals surface area contributed by atoms with Crippen molar-refractivity contribution in [2.75, 3.05) is 20.2 Å². The SMILES string of the molecule is CCCCC1CCC(C(=O)N2CCCC(C(=O)OC)C2)CC1. The summed E-state index contributed by atoms with van der Waals surface area (Å²) >= 11 is 0. The molecule has 1 amide bonds. The van der Waals surface area contributed by atoms with Gasteiger partial charge in [-0.3, -0.25) is 9.59 Å². The number of carbonyl (C=O) groups excluding carboxylic acids is 2. The van der Waals surface area contributed by atoms with E-state index in [2.05, 4.69) is 6.92 Å². The summed E-state index contributed by atoms with van der Waals surface area (Å²) in [5, 5.41) is 0. The summed E-state index contributed by atoms with van der Waals surface area (Å²) in [6.45, 7) is 3.60. The summed E-state index contributed by atoms with van der Waals surface area (Å²) in [7, 11) is 1.43. The molecular weight excluding hydrogens is 278 g/mol. The molecule has 0 aromatic rings. The molecule has 0 N–H and O–H groups in total. The van der Waals surface area contributed by atoms with E-state index >= 15 is 0 Å². The summed E-state index contributed by atoms with van der Waals surface area (Å²) < 4.78 is 4.84. The molecule has 126 valence electrons. The van der Waals surface area contributed by atoms with Gasteiger partial charge in [0.15, 0.2) is 0 Å². The van der Waals surface area contributed by atoms with Crippen LogP contribution in [0.5, 0.6) is 0 Å². The van der Waals surface area contributed by atoms with Crippen LogP contribution in [0.2, 0.25) is 0 Å². The molecule has 1 saturated heterocycles. The third-order valence-corrected chi connectivity index (χ3v) is 5.43. The van der Waals surface area contributed by atoms with Crippen molar-refractivity contribution in [3.63, 3.8) is 0 Å². The highest BCUT2D eigenvalue weighted by Gasteiger charge is 2.33. The third kappa shape index (κ3) is 4.47. The Hall–Kier alpha value is -1.06.